The maximum Gasteiger partial charge on any atom is 0.252 e. The van der Waals surface area contributed by atoms with Crippen molar-refractivity contribution in [1.29, 1.82) is 0 Å². The minimum absolute atomic E-state index is 0. The molecule has 25 heavy (non-hydrogen) atoms. The second-order valence-electron chi connectivity index (χ2n) is 5.78. The molecule has 7 heteroatoms. The average Bonchev–Trinajstić information content (AvgIpc) is 3.02. The molecule has 3 rings (SSSR count). The van der Waals surface area contributed by atoms with Gasteiger partial charge < -0.3 is 19.7 Å². The van der Waals surface area contributed by atoms with Crippen LogP contribution in [0.25, 0.3) is 0 Å². The van der Waals surface area contributed by atoms with Gasteiger partial charge in [-0.05, 0) is 43.9 Å². The van der Waals surface area contributed by atoms with Crippen molar-refractivity contribution in [2.45, 2.75) is 6.04 Å². The highest BCUT2D eigenvalue weighted by Gasteiger charge is 2.20. The van der Waals surface area contributed by atoms with Gasteiger partial charge in [-0.1, -0.05) is 29.8 Å². The van der Waals surface area contributed by atoms with Crippen molar-refractivity contribution in [3.8, 4) is 11.5 Å². The summed E-state index contributed by atoms with van der Waals surface area (Å²) in [4.78, 5) is 14.4. The second kappa shape index (κ2) is 8.43. The van der Waals surface area contributed by atoms with Crippen LogP contribution in [0.15, 0.2) is 42.5 Å². The molecule has 2 aromatic rings. The molecule has 0 saturated carbocycles. The highest BCUT2D eigenvalue weighted by Crippen LogP contribution is 2.35. The number of halogens is 2. The van der Waals surface area contributed by atoms with Crippen LogP contribution >= 0.6 is 24.0 Å². The number of rotatable bonds is 5. The molecule has 1 unspecified atom stereocenters. The zero-order valence-electron chi connectivity index (χ0n) is 14.0. The van der Waals surface area contributed by atoms with Crippen LogP contribution in [0.3, 0.4) is 0 Å². The quantitative estimate of drug-likeness (QED) is 0.859. The molecule has 0 fully saturated rings. The number of carbonyl (C=O) groups is 1. The molecular weight excluding hydrogens is 363 g/mol. The lowest BCUT2D eigenvalue weighted by Crippen LogP contribution is -2.34. The molecule has 0 aromatic heterocycles. The van der Waals surface area contributed by atoms with Crippen LogP contribution in [-0.4, -0.2) is 38.2 Å². The van der Waals surface area contributed by atoms with Gasteiger partial charge in [0.2, 0.25) is 6.79 Å². The van der Waals surface area contributed by atoms with Gasteiger partial charge in [-0.15, -0.1) is 12.4 Å². The third kappa shape index (κ3) is 4.37. The Hall–Kier alpha value is -1.95. The van der Waals surface area contributed by atoms with Crippen LogP contribution in [0, 0.1) is 0 Å². The average molecular weight is 383 g/mol. The van der Waals surface area contributed by atoms with Gasteiger partial charge in [0.1, 0.15) is 0 Å². The molecule has 1 atom stereocenters. The minimum atomic E-state index is -0.187. The fourth-order valence-corrected chi connectivity index (χ4v) is 2.87. The Balaban J connectivity index is 0.00000225. The summed E-state index contributed by atoms with van der Waals surface area (Å²) < 4.78 is 10.8. The molecule has 5 nitrogen and oxygen atoms in total. The van der Waals surface area contributed by atoms with Crippen molar-refractivity contribution in [1.82, 2.24) is 10.2 Å². The van der Waals surface area contributed by atoms with E-state index in [0.29, 0.717) is 17.1 Å². The van der Waals surface area contributed by atoms with Gasteiger partial charge in [0.15, 0.2) is 11.5 Å². The van der Waals surface area contributed by atoms with E-state index >= 15 is 0 Å². The molecule has 1 aliphatic rings. The predicted molar refractivity (Wildman–Crippen MR) is 100 cm³/mol. The van der Waals surface area contributed by atoms with Crippen molar-refractivity contribution < 1.29 is 14.3 Å². The first-order valence-electron chi connectivity index (χ1n) is 7.65. The molecule has 2 aromatic carbocycles. The first-order chi connectivity index (χ1) is 11.6. The number of hydrogen-bond donors (Lipinski definition) is 1. The van der Waals surface area contributed by atoms with Gasteiger partial charge >= 0.3 is 0 Å². The lowest BCUT2D eigenvalue weighted by atomic mass is 10.0. The topological polar surface area (TPSA) is 50.8 Å². The van der Waals surface area contributed by atoms with Crippen LogP contribution in [0.4, 0.5) is 0 Å². The van der Waals surface area contributed by atoms with E-state index in [9.17, 15) is 4.79 Å². The monoisotopic (exact) mass is 382 g/mol. The molecule has 0 spiro atoms. The third-order valence-electron chi connectivity index (χ3n) is 3.98. The van der Waals surface area contributed by atoms with Crippen molar-refractivity contribution in [3.63, 3.8) is 0 Å². The summed E-state index contributed by atoms with van der Waals surface area (Å²) in [5.41, 5.74) is 1.52. The number of nitrogens with one attached hydrogen (secondary N) is 1. The number of nitrogens with zero attached hydrogens (tertiary/aromatic N) is 1. The van der Waals surface area contributed by atoms with E-state index in [1.807, 2.05) is 37.2 Å². The predicted octanol–water partition coefficient (Wildman–Crippen LogP) is 3.52. The summed E-state index contributed by atoms with van der Waals surface area (Å²) >= 11 is 6.08. The highest BCUT2D eigenvalue weighted by atomic mass is 35.5. The number of benzene rings is 2. The largest absolute Gasteiger partial charge is 0.454 e. The molecule has 0 radical (unpaired) electrons. The summed E-state index contributed by atoms with van der Waals surface area (Å²) in [7, 11) is 3.94. The standard InChI is InChI=1S/C18H19ClN2O3.ClH/c1-21(2)15(12-7-8-16-17(9-12)24-11-23-16)10-20-18(22)13-5-3-4-6-14(13)19;/h3-9,15H,10-11H2,1-2H3,(H,20,22);1H. The molecule has 134 valence electrons. The number of fused-ring (bicyclic) bond motifs is 1. The van der Waals surface area contributed by atoms with Gasteiger partial charge in [-0.25, -0.2) is 0 Å². The molecule has 1 heterocycles. The van der Waals surface area contributed by atoms with Crippen LogP contribution < -0.4 is 14.8 Å². The molecule has 1 N–H and O–H groups in total. The van der Waals surface area contributed by atoms with E-state index in [-0.39, 0.29) is 31.1 Å². The normalized spacial score (nSPS) is 13.3. The van der Waals surface area contributed by atoms with Crippen molar-refractivity contribution >= 4 is 29.9 Å². The first-order valence-corrected chi connectivity index (χ1v) is 8.03. The Morgan fingerprint density at radius 1 is 1.20 bits per heavy atom. The summed E-state index contributed by atoms with van der Waals surface area (Å²) in [6, 6.07) is 12.8. The first kappa shape index (κ1) is 19.4. The number of hydrogen-bond acceptors (Lipinski definition) is 4. The molecule has 0 bridgehead atoms. The van der Waals surface area contributed by atoms with Crippen molar-refractivity contribution in [3.05, 3.63) is 58.6 Å². The Kier molecular flexibility index (Phi) is 6.53. The SMILES string of the molecule is CN(C)C(CNC(=O)c1ccccc1Cl)c1ccc2c(c1)OCO2.Cl. The number of carbonyl (C=O) groups excluding carboxylic acids is 1. The maximum atomic E-state index is 12.4. The summed E-state index contributed by atoms with van der Waals surface area (Å²) in [6.45, 7) is 0.700. The lowest BCUT2D eigenvalue weighted by molar-refractivity contribution is 0.0942. The maximum absolute atomic E-state index is 12.4. The lowest BCUT2D eigenvalue weighted by Gasteiger charge is -2.25. The molecule has 1 amide bonds. The van der Waals surface area contributed by atoms with Gasteiger partial charge in [0, 0.05) is 6.54 Å². The Labute approximate surface area is 158 Å². The van der Waals surface area contributed by atoms with Gasteiger partial charge in [0.05, 0.1) is 16.6 Å². The second-order valence-corrected chi connectivity index (χ2v) is 6.19. The van der Waals surface area contributed by atoms with E-state index < -0.39 is 0 Å². The molecular formula is C18H20Cl2N2O3. The van der Waals surface area contributed by atoms with E-state index in [1.54, 1.807) is 24.3 Å². The van der Waals surface area contributed by atoms with Crippen molar-refractivity contribution in [2.75, 3.05) is 27.4 Å². The van der Waals surface area contributed by atoms with Crippen LogP contribution in [0.2, 0.25) is 5.02 Å². The summed E-state index contributed by atoms with van der Waals surface area (Å²) in [6.07, 6.45) is 0. The Morgan fingerprint density at radius 3 is 2.64 bits per heavy atom. The zero-order valence-corrected chi connectivity index (χ0v) is 15.6. The number of likely N-dealkylation sites (N-methyl/N-ethyl adjacent to an activating group) is 1. The van der Waals surface area contributed by atoms with Crippen LogP contribution in [0.5, 0.6) is 11.5 Å². The third-order valence-corrected chi connectivity index (χ3v) is 4.31. The van der Waals surface area contributed by atoms with E-state index in [2.05, 4.69) is 5.32 Å². The molecule has 1 aliphatic heterocycles. The fraction of sp³-hybridized carbons (Fsp3) is 0.278. The van der Waals surface area contributed by atoms with Gasteiger partial charge in [0.25, 0.3) is 5.91 Å². The molecule has 0 saturated heterocycles. The van der Waals surface area contributed by atoms with Gasteiger partial charge in [-0.3, -0.25) is 4.79 Å². The van der Waals surface area contributed by atoms with Crippen LogP contribution in [0.1, 0.15) is 22.0 Å². The summed E-state index contributed by atoms with van der Waals surface area (Å²) in [5, 5.41) is 3.39. The Bertz CT molecular complexity index is 753. The fourth-order valence-electron chi connectivity index (χ4n) is 2.65. The molecule has 0 aliphatic carbocycles. The van der Waals surface area contributed by atoms with Gasteiger partial charge in [-0.2, -0.15) is 0 Å². The smallest absolute Gasteiger partial charge is 0.252 e. The number of ether oxygens (including phenoxy) is 2. The highest BCUT2D eigenvalue weighted by molar-refractivity contribution is 6.33. The minimum Gasteiger partial charge on any atom is -0.454 e. The van der Waals surface area contributed by atoms with E-state index in [1.165, 1.54) is 0 Å². The van der Waals surface area contributed by atoms with Crippen LogP contribution in [-0.2, 0) is 0 Å². The zero-order chi connectivity index (χ0) is 17.1. The number of amides is 1. The summed E-state index contributed by atoms with van der Waals surface area (Å²) in [5.74, 6) is 1.29. The van der Waals surface area contributed by atoms with E-state index in [4.69, 9.17) is 21.1 Å². The van der Waals surface area contributed by atoms with E-state index in [0.717, 1.165) is 17.1 Å². The van der Waals surface area contributed by atoms with Crippen molar-refractivity contribution in [2.24, 2.45) is 0 Å². The Morgan fingerprint density at radius 2 is 1.92 bits per heavy atom.